The van der Waals surface area contributed by atoms with Crippen LogP contribution in [-0.4, -0.2) is 40.9 Å². The van der Waals surface area contributed by atoms with Crippen molar-refractivity contribution < 1.29 is 9.59 Å². The Balaban J connectivity index is 2.06. The summed E-state index contributed by atoms with van der Waals surface area (Å²) in [5, 5.41) is 3.03. The van der Waals surface area contributed by atoms with Gasteiger partial charge in [0.2, 0.25) is 11.8 Å². The first-order valence-corrected chi connectivity index (χ1v) is 7.35. The Morgan fingerprint density at radius 1 is 1.21 bits per heavy atom. The molecule has 2 rings (SSSR count). The van der Waals surface area contributed by atoms with Gasteiger partial charge < -0.3 is 16.0 Å². The van der Waals surface area contributed by atoms with Gasteiger partial charge in [-0.3, -0.25) is 9.59 Å². The molecule has 2 fully saturated rings. The second-order valence-electron chi connectivity index (χ2n) is 5.91. The molecule has 0 saturated heterocycles. The molecular formula is C14H25N3O2. The minimum atomic E-state index is -0.491. The van der Waals surface area contributed by atoms with Crippen LogP contribution in [0.2, 0.25) is 0 Å². The number of rotatable bonds is 4. The average Bonchev–Trinajstić information content (AvgIpc) is 3.15. The van der Waals surface area contributed by atoms with Crippen molar-refractivity contribution in [2.45, 2.75) is 76.5 Å². The van der Waals surface area contributed by atoms with E-state index in [2.05, 4.69) is 5.32 Å². The molecule has 19 heavy (non-hydrogen) atoms. The lowest BCUT2D eigenvalue weighted by molar-refractivity contribution is -0.134. The molecule has 2 amide bonds. The van der Waals surface area contributed by atoms with Gasteiger partial charge >= 0.3 is 0 Å². The van der Waals surface area contributed by atoms with Crippen molar-refractivity contribution in [1.82, 2.24) is 10.2 Å². The molecule has 0 spiro atoms. The third-order valence-electron chi connectivity index (χ3n) is 4.13. The molecule has 0 bridgehead atoms. The average molecular weight is 267 g/mol. The molecule has 3 atom stereocenters. The van der Waals surface area contributed by atoms with Gasteiger partial charge in [-0.25, -0.2) is 0 Å². The van der Waals surface area contributed by atoms with Crippen LogP contribution in [0.25, 0.3) is 0 Å². The van der Waals surface area contributed by atoms with E-state index in [1.165, 1.54) is 0 Å². The van der Waals surface area contributed by atoms with E-state index in [1.54, 1.807) is 13.8 Å². The van der Waals surface area contributed by atoms with Crippen LogP contribution in [0.15, 0.2) is 0 Å². The van der Waals surface area contributed by atoms with Gasteiger partial charge in [-0.05, 0) is 32.6 Å². The molecule has 0 heterocycles. The first-order chi connectivity index (χ1) is 9.00. The quantitative estimate of drug-likeness (QED) is 0.790. The minimum Gasteiger partial charge on any atom is -0.350 e. The van der Waals surface area contributed by atoms with Crippen LogP contribution < -0.4 is 11.1 Å². The highest BCUT2D eigenvalue weighted by Gasteiger charge is 2.40. The number of carbonyl (C=O) groups excluding carboxylic acids is 2. The Hall–Kier alpha value is -1.10. The number of nitrogens with one attached hydrogen (secondary N) is 1. The predicted molar refractivity (Wildman–Crippen MR) is 73.4 cm³/mol. The summed E-state index contributed by atoms with van der Waals surface area (Å²) < 4.78 is 0. The summed E-state index contributed by atoms with van der Waals surface area (Å²) in [5.41, 5.74) is 5.61. The number of hydrogen-bond acceptors (Lipinski definition) is 3. The van der Waals surface area contributed by atoms with E-state index in [0.717, 1.165) is 38.5 Å². The van der Waals surface area contributed by atoms with Crippen LogP contribution in [0, 0.1) is 0 Å². The van der Waals surface area contributed by atoms with Gasteiger partial charge in [-0.15, -0.1) is 0 Å². The Morgan fingerprint density at radius 2 is 1.84 bits per heavy atom. The lowest BCUT2D eigenvalue weighted by atomic mass is 9.88. The number of nitrogens with two attached hydrogens (primary N) is 1. The first kappa shape index (κ1) is 14.3. The SMILES string of the molecule is CC(=O)N(C1CC1)[C@H]1CCCCC1NC(=O)C(C)N. The fourth-order valence-electron chi connectivity index (χ4n) is 3.04. The maximum absolute atomic E-state index is 11.9. The molecule has 108 valence electrons. The second kappa shape index (κ2) is 5.90. The summed E-state index contributed by atoms with van der Waals surface area (Å²) in [7, 11) is 0. The summed E-state index contributed by atoms with van der Waals surface area (Å²) in [6.07, 6.45) is 6.37. The number of nitrogens with zero attached hydrogens (tertiary/aromatic N) is 1. The van der Waals surface area contributed by atoms with Gasteiger partial charge in [-0.1, -0.05) is 12.8 Å². The molecule has 2 aliphatic rings. The number of amides is 2. The highest BCUT2D eigenvalue weighted by molar-refractivity contribution is 5.81. The van der Waals surface area contributed by atoms with E-state index in [4.69, 9.17) is 5.73 Å². The molecule has 2 unspecified atom stereocenters. The molecule has 0 aromatic heterocycles. The number of hydrogen-bond donors (Lipinski definition) is 2. The van der Waals surface area contributed by atoms with E-state index in [9.17, 15) is 9.59 Å². The molecule has 0 aromatic rings. The second-order valence-corrected chi connectivity index (χ2v) is 5.91. The standard InChI is InChI=1S/C14H25N3O2/c1-9(15)14(19)16-12-5-3-4-6-13(12)17(10(2)18)11-7-8-11/h9,11-13H,3-8,15H2,1-2H3,(H,16,19)/t9?,12?,13-/m0/s1. The van der Waals surface area contributed by atoms with E-state index in [0.29, 0.717) is 6.04 Å². The Morgan fingerprint density at radius 3 is 2.37 bits per heavy atom. The van der Waals surface area contributed by atoms with Crippen molar-refractivity contribution in [3.63, 3.8) is 0 Å². The fraction of sp³-hybridized carbons (Fsp3) is 0.857. The highest BCUT2D eigenvalue weighted by atomic mass is 16.2. The Kier molecular flexibility index (Phi) is 4.45. The molecule has 0 aromatic carbocycles. The van der Waals surface area contributed by atoms with E-state index in [1.807, 2.05) is 4.90 Å². The van der Waals surface area contributed by atoms with E-state index in [-0.39, 0.29) is 23.9 Å². The molecule has 5 heteroatoms. The molecule has 3 N–H and O–H groups in total. The van der Waals surface area contributed by atoms with Crippen LogP contribution in [0.1, 0.15) is 52.4 Å². The van der Waals surface area contributed by atoms with Gasteiger partial charge in [-0.2, -0.15) is 0 Å². The van der Waals surface area contributed by atoms with Crippen LogP contribution >= 0.6 is 0 Å². The molecular weight excluding hydrogens is 242 g/mol. The van der Waals surface area contributed by atoms with Crippen molar-refractivity contribution in [1.29, 1.82) is 0 Å². The van der Waals surface area contributed by atoms with Crippen molar-refractivity contribution in [3.05, 3.63) is 0 Å². The van der Waals surface area contributed by atoms with Gasteiger partial charge in [0.1, 0.15) is 0 Å². The summed E-state index contributed by atoms with van der Waals surface area (Å²) in [4.78, 5) is 25.7. The maximum atomic E-state index is 11.9. The first-order valence-electron chi connectivity index (χ1n) is 7.35. The summed E-state index contributed by atoms with van der Waals surface area (Å²) in [6, 6.07) is 0.128. The minimum absolute atomic E-state index is 0.0664. The zero-order valence-electron chi connectivity index (χ0n) is 11.9. The summed E-state index contributed by atoms with van der Waals surface area (Å²) in [6.45, 7) is 3.33. The maximum Gasteiger partial charge on any atom is 0.236 e. The van der Waals surface area contributed by atoms with Gasteiger partial charge in [0.25, 0.3) is 0 Å². The highest BCUT2D eigenvalue weighted by Crippen LogP contribution is 2.33. The zero-order chi connectivity index (χ0) is 14.0. The predicted octanol–water partition coefficient (Wildman–Crippen LogP) is 0.772. The van der Waals surface area contributed by atoms with Gasteiger partial charge in [0.15, 0.2) is 0 Å². The largest absolute Gasteiger partial charge is 0.350 e. The Bertz CT molecular complexity index is 353. The lowest BCUT2D eigenvalue weighted by Crippen LogP contribution is -2.57. The van der Waals surface area contributed by atoms with Gasteiger partial charge in [0, 0.05) is 19.0 Å². The topological polar surface area (TPSA) is 75.4 Å². The molecule has 5 nitrogen and oxygen atoms in total. The van der Waals surface area contributed by atoms with Crippen molar-refractivity contribution >= 4 is 11.8 Å². The van der Waals surface area contributed by atoms with Crippen molar-refractivity contribution in [2.75, 3.05) is 0 Å². The molecule has 0 aliphatic heterocycles. The summed E-state index contributed by atoms with van der Waals surface area (Å²) in [5.74, 6) is 0.0191. The van der Waals surface area contributed by atoms with Crippen LogP contribution in [0.3, 0.4) is 0 Å². The van der Waals surface area contributed by atoms with Crippen LogP contribution in [-0.2, 0) is 9.59 Å². The lowest BCUT2D eigenvalue weighted by Gasteiger charge is -2.40. The smallest absolute Gasteiger partial charge is 0.236 e. The molecule has 2 aliphatic carbocycles. The van der Waals surface area contributed by atoms with Crippen molar-refractivity contribution in [3.8, 4) is 0 Å². The van der Waals surface area contributed by atoms with E-state index >= 15 is 0 Å². The third kappa shape index (κ3) is 3.47. The zero-order valence-corrected chi connectivity index (χ0v) is 11.9. The monoisotopic (exact) mass is 267 g/mol. The number of carbonyl (C=O) groups is 2. The van der Waals surface area contributed by atoms with Crippen LogP contribution in [0.4, 0.5) is 0 Å². The fourth-order valence-corrected chi connectivity index (χ4v) is 3.04. The molecule has 0 radical (unpaired) electrons. The van der Waals surface area contributed by atoms with Crippen LogP contribution in [0.5, 0.6) is 0 Å². The third-order valence-corrected chi connectivity index (χ3v) is 4.13. The summed E-state index contributed by atoms with van der Waals surface area (Å²) >= 11 is 0. The Labute approximate surface area is 114 Å². The van der Waals surface area contributed by atoms with Crippen molar-refractivity contribution in [2.24, 2.45) is 5.73 Å². The normalized spacial score (nSPS) is 28.6. The van der Waals surface area contributed by atoms with E-state index < -0.39 is 6.04 Å². The van der Waals surface area contributed by atoms with Gasteiger partial charge in [0.05, 0.1) is 12.1 Å². The molecule has 2 saturated carbocycles.